The molecule has 0 aliphatic heterocycles. The lowest BCUT2D eigenvalue weighted by atomic mass is 9.90. The highest BCUT2D eigenvalue weighted by atomic mass is 15.2. The average molecular weight is 226 g/mol. The first-order chi connectivity index (χ1) is 7.66. The molecule has 1 N–H and O–H groups in total. The van der Waals surface area contributed by atoms with Crippen LogP contribution in [0.2, 0.25) is 0 Å². The molecule has 96 valence electrons. The third-order valence-electron chi connectivity index (χ3n) is 4.03. The predicted molar refractivity (Wildman–Crippen MR) is 71.9 cm³/mol. The minimum Gasteiger partial charge on any atom is -0.313 e. The van der Waals surface area contributed by atoms with Crippen molar-refractivity contribution >= 4 is 0 Å². The van der Waals surface area contributed by atoms with E-state index in [-0.39, 0.29) is 0 Å². The highest BCUT2D eigenvalue weighted by Gasteiger charge is 2.26. The predicted octanol–water partition coefficient (Wildman–Crippen LogP) is 3.03. The molecule has 0 aromatic heterocycles. The van der Waals surface area contributed by atoms with Gasteiger partial charge in [-0.15, -0.1) is 0 Å². The summed E-state index contributed by atoms with van der Waals surface area (Å²) in [5.41, 5.74) is 0. The molecule has 2 nitrogen and oxygen atoms in total. The zero-order valence-electron chi connectivity index (χ0n) is 11.6. The van der Waals surface area contributed by atoms with Gasteiger partial charge < -0.3 is 5.32 Å². The van der Waals surface area contributed by atoms with Gasteiger partial charge in [-0.2, -0.15) is 0 Å². The van der Waals surface area contributed by atoms with Crippen LogP contribution in [0.5, 0.6) is 0 Å². The van der Waals surface area contributed by atoms with Crippen molar-refractivity contribution in [1.82, 2.24) is 10.2 Å². The summed E-state index contributed by atoms with van der Waals surface area (Å²) in [6.07, 6.45) is 8.40. The Morgan fingerprint density at radius 1 is 1.12 bits per heavy atom. The highest BCUT2D eigenvalue weighted by Crippen LogP contribution is 2.22. The number of hydrogen-bond donors (Lipinski definition) is 1. The fraction of sp³-hybridized carbons (Fsp3) is 1.00. The monoisotopic (exact) mass is 226 g/mol. The van der Waals surface area contributed by atoms with Crippen LogP contribution in [0.4, 0.5) is 0 Å². The van der Waals surface area contributed by atoms with E-state index < -0.39 is 0 Å². The molecule has 0 saturated heterocycles. The fourth-order valence-electron chi connectivity index (χ4n) is 2.84. The first kappa shape index (κ1) is 14.0. The van der Waals surface area contributed by atoms with Crippen LogP contribution in [-0.2, 0) is 0 Å². The van der Waals surface area contributed by atoms with Crippen molar-refractivity contribution in [3.8, 4) is 0 Å². The molecule has 2 atom stereocenters. The largest absolute Gasteiger partial charge is 0.313 e. The van der Waals surface area contributed by atoms with Crippen molar-refractivity contribution in [1.29, 1.82) is 0 Å². The van der Waals surface area contributed by atoms with Crippen LogP contribution < -0.4 is 5.32 Å². The number of nitrogens with one attached hydrogen (secondary N) is 1. The molecule has 0 amide bonds. The zero-order chi connectivity index (χ0) is 12.0. The van der Waals surface area contributed by atoms with E-state index in [4.69, 9.17) is 0 Å². The molecule has 1 rings (SSSR count). The number of likely N-dealkylation sites (N-methyl/N-ethyl adjacent to an activating group) is 2. The normalized spacial score (nSPS) is 28.1. The van der Waals surface area contributed by atoms with Crippen LogP contribution >= 0.6 is 0 Å². The lowest BCUT2D eigenvalue weighted by molar-refractivity contribution is 0.133. The van der Waals surface area contributed by atoms with Crippen LogP contribution in [0.25, 0.3) is 0 Å². The SMILES string of the molecule is CCNC1CCCCCCC1N(C)C(C)C. The van der Waals surface area contributed by atoms with Crippen LogP contribution in [0.1, 0.15) is 59.3 Å². The Balaban J connectivity index is 2.62. The summed E-state index contributed by atoms with van der Waals surface area (Å²) in [4.78, 5) is 2.57. The summed E-state index contributed by atoms with van der Waals surface area (Å²) in [6.45, 7) is 7.95. The van der Waals surface area contributed by atoms with Gasteiger partial charge in [-0.05, 0) is 40.3 Å². The molecule has 0 radical (unpaired) electrons. The molecule has 1 aliphatic carbocycles. The first-order valence-corrected chi connectivity index (χ1v) is 7.12. The Morgan fingerprint density at radius 3 is 2.31 bits per heavy atom. The second-order valence-electron chi connectivity index (χ2n) is 5.48. The van der Waals surface area contributed by atoms with Gasteiger partial charge in [-0.25, -0.2) is 0 Å². The van der Waals surface area contributed by atoms with Gasteiger partial charge in [0.05, 0.1) is 0 Å². The summed E-state index contributed by atoms with van der Waals surface area (Å²) in [5.74, 6) is 0. The first-order valence-electron chi connectivity index (χ1n) is 7.12. The van der Waals surface area contributed by atoms with Crippen molar-refractivity contribution in [3.05, 3.63) is 0 Å². The van der Waals surface area contributed by atoms with E-state index in [2.05, 4.69) is 38.0 Å². The van der Waals surface area contributed by atoms with Crippen LogP contribution in [0.3, 0.4) is 0 Å². The molecule has 1 aliphatic rings. The minimum atomic E-state index is 0.658. The topological polar surface area (TPSA) is 15.3 Å². The van der Waals surface area contributed by atoms with E-state index in [1.54, 1.807) is 0 Å². The molecule has 16 heavy (non-hydrogen) atoms. The van der Waals surface area contributed by atoms with Crippen LogP contribution in [0, 0.1) is 0 Å². The maximum atomic E-state index is 3.70. The van der Waals surface area contributed by atoms with Gasteiger partial charge in [-0.1, -0.05) is 32.6 Å². The summed E-state index contributed by atoms with van der Waals surface area (Å²) in [7, 11) is 2.29. The average Bonchev–Trinajstić information content (AvgIpc) is 2.21. The van der Waals surface area contributed by atoms with E-state index in [1.165, 1.54) is 38.5 Å². The molecule has 1 saturated carbocycles. The van der Waals surface area contributed by atoms with Gasteiger partial charge in [-0.3, -0.25) is 4.90 Å². The third-order valence-corrected chi connectivity index (χ3v) is 4.03. The molecule has 2 unspecified atom stereocenters. The molecule has 1 fully saturated rings. The van der Waals surface area contributed by atoms with Crippen LogP contribution in [0.15, 0.2) is 0 Å². The lowest BCUT2D eigenvalue weighted by Gasteiger charge is -2.38. The Labute approximate surface area is 102 Å². The van der Waals surface area contributed by atoms with Crippen molar-refractivity contribution in [2.75, 3.05) is 13.6 Å². The zero-order valence-corrected chi connectivity index (χ0v) is 11.6. The van der Waals surface area contributed by atoms with Gasteiger partial charge in [0.2, 0.25) is 0 Å². The van der Waals surface area contributed by atoms with Crippen molar-refractivity contribution in [2.45, 2.75) is 77.4 Å². The van der Waals surface area contributed by atoms with Gasteiger partial charge in [0, 0.05) is 18.1 Å². The summed E-state index contributed by atoms with van der Waals surface area (Å²) in [5, 5.41) is 3.70. The van der Waals surface area contributed by atoms with Crippen molar-refractivity contribution < 1.29 is 0 Å². The summed E-state index contributed by atoms with van der Waals surface area (Å²) < 4.78 is 0. The summed E-state index contributed by atoms with van der Waals surface area (Å²) >= 11 is 0. The van der Waals surface area contributed by atoms with Gasteiger partial charge in [0.1, 0.15) is 0 Å². The standard InChI is InChI=1S/C14H30N2/c1-5-15-13-10-8-6-7-9-11-14(13)16(4)12(2)3/h12-15H,5-11H2,1-4H3. The van der Waals surface area contributed by atoms with E-state index >= 15 is 0 Å². The maximum Gasteiger partial charge on any atom is 0.0248 e. The van der Waals surface area contributed by atoms with Crippen LogP contribution in [-0.4, -0.2) is 36.6 Å². The Kier molecular flexibility index (Phi) is 6.37. The van der Waals surface area contributed by atoms with Gasteiger partial charge in [0.15, 0.2) is 0 Å². The van der Waals surface area contributed by atoms with Gasteiger partial charge in [0.25, 0.3) is 0 Å². The van der Waals surface area contributed by atoms with E-state index in [0.717, 1.165) is 12.6 Å². The smallest absolute Gasteiger partial charge is 0.0248 e. The van der Waals surface area contributed by atoms with Crippen molar-refractivity contribution in [3.63, 3.8) is 0 Å². The second kappa shape index (κ2) is 7.29. The molecule has 0 aromatic rings. The number of nitrogens with zero attached hydrogens (tertiary/aromatic N) is 1. The Hall–Kier alpha value is -0.0800. The van der Waals surface area contributed by atoms with E-state index in [9.17, 15) is 0 Å². The Bertz CT molecular complexity index is 180. The minimum absolute atomic E-state index is 0.658. The quantitative estimate of drug-likeness (QED) is 0.792. The maximum absolute atomic E-state index is 3.70. The van der Waals surface area contributed by atoms with Gasteiger partial charge >= 0.3 is 0 Å². The van der Waals surface area contributed by atoms with E-state index in [0.29, 0.717) is 12.1 Å². The molecular weight excluding hydrogens is 196 g/mol. The molecule has 0 aromatic carbocycles. The third kappa shape index (κ3) is 4.06. The van der Waals surface area contributed by atoms with Crippen molar-refractivity contribution in [2.24, 2.45) is 0 Å². The van der Waals surface area contributed by atoms with E-state index in [1.807, 2.05) is 0 Å². The Morgan fingerprint density at radius 2 is 1.75 bits per heavy atom. The molecule has 2 heteroatoms. The second-order valence-corrected chi connectivity index (χ2v) is 5.48. The molecular formula is C14H30N2. The fourth-order valence-corrected chi connectivity index (χ4v) is 2.84. The molecule has 0 spiro atoms. The number of rotatable bonds is 4. The molecule has 0 heterocycles. The highest BCUT2D eigenvalue weighted by molar-refractivity contribution is 4.85. The number of hydrogen-bond acceptors (Lipinski definition) is 2. The summed E-state index contributed by atoms with van der Waals surface area (Å²) in [6, 6.07) is 2.10. The lowest BCUT2D eigenvalue weighted by Crippen LogP contribution is -2.51. The molecule has 0 bridgehead atoms.